The van der Waals surface area contributed by atoms with E-state index in [9.17, 15) is 14.9 Å². The van der Waals surface area contributed by atoms with Crippen LogP contribution in [0.25, 0.3) is 11.0 Å². The fraction of sp³-hybridized carbons (Fsp3) is 0.100. The summed E-state index contributed by atoms with van der Waals surface area (Å²) >= 11 is 0. The van der Waals surface area contributed by atoms with Gasteiger partial charge in [0.1, 0.15) is 0 Å². The Balaban J connectivity index is 2.63. The lowest BCUT2D eigenvalue weighted by atomic mass is 10.1. The number of hydrogen-bond acceptors (Lipinski definition) is 4. The summed E-state index contributed by atoms with van der Waals surface area (Å²) in [7, 11) is 0. The number of nitro benzene ring substituents is 1. The minimum Gasteiger partial charge on any atom is -0.481 e. The molecule has 1 heterocycles. The summed E-state index contributed by atoms with van der Waals surface area (Å²) in [5.74, 6) is -0.989. The van der Waals surface area contributed by atoms with E-state index in [0.29, 0.717) is 10.9 Å². The van der Waals surface area contributed by atoms with Gasteiger partial charge in [-0.15, -0.1) is 0 Å². The van der Waals surface area contributed by atoms with Crippen LogP contribution in [0.3, 0.4) is 0 Å². The molecule has 0 aliphatic heterocycles. The molecular formula is C10H7NO5. The van der Waals surface area contributed by atoms with E-state index in [1.807, 2.05) is 0 Å². The summed E-state index contributed by atoms with van der Waals surface area (Å²) < 4.78 is 5.00. The summed E-state index contributed by atoms with van der Waals surface area (Å²) in [6.45, 7) is 0. The van der Waals surface area contributed by atoms with Crippen molar-refractivity contribution in [2.45, 2.75) is 6.42 Å². The number of carboxylic acids is 1. The zero-order valence-electron chi connectivity index (χ0n) is 8.04. The first kappa shape index (κ1) is 10.2. The van der Waals surface area contributed by atoms with E-state index in [1.54, 1.807) is 0 Å². The van der Waals surface area contributed by atoms with Gasteiger partial charge in [-0.2, -0.15) is 0 Å². The number of furan rings is 1. The summed E-state index contributed by atoms with van der Waals surface area (Å²) in [6, 6.07) is 4.22. The van der Waals surface area contributed by atoms with E-state index in [0.717, 1.165) is 0 Å². The number of aliphatic carboxylic acids is 1. The first-order chi connectivity index (χ1) is 7.59. The molecule has 6 heteroatoms. The number of carbonyl (C=O) groups is 1. The van der Waals surface area contributed by atoms with Gasteiger partial charge < -0.3 is 9.52 Å². The zero-order chi connectivity index (χ0) is 11.7. The van der Waals surface area contributed by atoms with Crippen LogP contribution < -0.4 is 0 Å². The molecule has 1 aromatic carbocycles. The highest BCUT2D eigenvalue weighted by atomic mass is 16.6. The highest BCUT2D eigenvalue weighted by Gasteiger charge is 2.18. The minimum absolute atomic E-state index is 0.115. The molecule has 0 radical (unpaired) electrons. The van der Waals surface area contributed by atoms with Crippen molar-refractivity contribution in [3.63, 3.8) is 0 Å². The Morgan fingerprint density at radius 2 is 2.19 bits per heavy atom. The standard InChI is InChI=1S/C10H7NO5/c12-9(13)5-6-1-2-8(11(14)15)10-7(6)3-4-16-10/h1-4H,5H2,(H,12,13). The average Bonchev–Trinajstić information content (AvgIpc) is 2.65. The zero-order valence-corrected chi connectivity index (χ0v) is 8.04. The van der Waals surface area contributed by atoms with Gasteiger partial charge in [-0.1, -0.05) is 6.07 Å². The van der Waals surface area contributed by atoms with Crippen LogP contribution in [0.5, 0.6) is 0 Å². The van der Waals surface area contributed by atoms with E-state index >= 15 is 0 Å². The molecule has 16 heavy (non-hydrogen) atoms. The number of rotatable bonds is 3. The molecule has 2 aromatic rings. The van der Waals surface area contributed by atoms with Crippen LogP contribution in [0, 0.1) is 10.1 Å². The third kappa shape index (κ3) is 1.60. The molecule has 0 aliphatic rings. The molecule has 0 atom stereocenters. The maximum absolute atomic E-state index is 10.7. The van der Waals surface area contributed by atoms with Gasteiger partial charge >= 0.3 is 11.7 Å². The topological polar surface area (TPSA) is 93.6 Å². The SMILES string of the molecule is O=C(O)Cc1ccc([N+](=O)[O-])c2occc12. The molecule has 1 N–H and O–H groups in total. The summed E-state index contributed by atoms with van der Waals surface area (Å²) in [5, 5.41) is 19.8. The Morgan fingerprint density at radius 3 is 2.81 bits per heavy atom. The molecule has 0 saturated heterocycles. The molecule has 2 rings (SSSR count). The van der Waals surface area contributed by atoms with Crippen molar-refractivity contribution in [2.75, 3.05) is 0 Å². The van der Waals surface area contributed by atoms with Crippen molar-refractivity contribution < 1.29 is 19.2 Å². The Hall–Kier alpha value is -2.37. The Labute approximate surface area is 89.2 Å². The number of carboxylic acid groups (broad SMARTS) is 1. The van der Waals surface area contributed by atoms with Crippen molar-refractivity contribution in [3.05, 3.63) is 40.1 Å². The monoisotopic (exact) mass is 221 g/mol. The normalized spacial score (nSPS) is 10.5. The van der Waals surface area contributed by atoms with Gasteiger partial charge in [0.05, 0.1) is 17.6 Å². The predicted molar refractivity (Wildman–Crippen MR) is 54.2 cm³/mol. The molecule has 6 nitrogen and oxygen atoms in total. The van der Waals surface area contributed by atoms with Crippen molar-refractivity contribution >= 4 is 22.6 Å². The van der Waals surface area contributed by atoms with Crippen LogP contribution in [-0.4, -0.2) is 16.0 Å². The van der Waals surface area contributed by atoms with Crippen molar-refractivity contribution in [3.8, 4) is 0 Å². The first-order valence-corrected chi connectivity index (χ1v) is 4.45. The number of hydrogen-bond donors (Lipinski definition) is 1. The molecule has 0 aliphatic carbocycles. The second kappa shape index (κ2) is 3.65. The number of nitrogens with zero attached hydrogens (tertiary/aromatic N) is 1. The Morgan fingerprint density at radius 1 is 1.44 bits per heavy atom. The van der Waals surface area contributed by atoms with Crippen molar-refractivity contribution in [2.24, 2.45) is 0 Å². The number of fused-ring (bicyclic) bond motifs is 1. The van der Waals surface area contributed by atoms with Crippen LogP contribution in [0.4, 0.5) is 5.69 Å². The number of benzene rings is 1. The van der Waals surface area contributed by atoms with Gasteiger partial charge in [0.2, 0.25) is 5.58 Å². The second-order valence-corrected chi connectivity index (χ2v) is 3.23. The van der Waals surface area contributed by atoms with Gasteiger partial charge in [0.15, 0.2) is 0 Å². The predicted octanol–water partition coefficient (Wildman–Crippen LogP) is 1.97. The van der Waals surface area contributed by atoms with Crippen LogP contribution >= 0.6 is 0 Å². The molecule has 0 bridgehead atoms. The highest BCUT2D eigenvalue weighted by Crippen LogP contribution is 2.29. The minimum atomic E-state index is -0.989. The first-order valence-electron chi connectivity index (χ1n) is 4.45. The van der Waals surface area contributed by atoms with Gasteiger partial charge in [-0.3, -0.25) is 14.9 Å². The Kier molecular flexibility index (Phi) is 2.32. The molecule has 1 aromatic heterocycles. The molecular weight excluding hydrogens is 214 g/mol. The quantitative estimate of drug-likeness (QED) is 0.631. The highest BCUT2D eigenvalue weighted by molar-refractivity contribution is 5.91. The van der Waals surface area contributed by atoms with Gasteiger partial charge in [0.25, 0.3) is 0 Å². The maximum atomic E-state index is 10.7. The lowest BCUT2D eigenvalue weighted by molar-refractivity contribution is -0.383. The van der Waals surface area contributed by atoms with E-state index in [4.69, 9.17) is 9.52 Å². The molecule has 0 saturated carbocycles. The molecule has 0 unspecified atom stereocenters. The van der Waals surface area contributed by atoms with E-state index in [1.165, 1.54) is 24.5 Å². The number of nitro groups is 1. The van der Waals surface area contributed by atoms with E-state index in [2.05, 4.69) is 0 Å². The van der Waals surface area contributed by atoms with Gasteiger partial charge in [-0.25, -0.2) is 0 Å². The van der Waals surface area contributed by atoms with E-state index < -0.39 is 10.9 Å². The van der Waals surface area contributed by atoms with Crippen LogP contribution in [0.15, 0.2) is 28.9 Å². The fourth-order valence-corrected chi connectivity index (χ4v) is 1.57. The van der Waals surface area contributed by atoms with Crippen molar-refractivity contribution in [1.29, 1.82) is 0 Å². The van der Waals surface area contributed by atoms with Crippen LogP contribution in [0.2, 0.25) is 0 Å². The molecule has 82 valence electrons. The summed E-state index contributed by atoms with van der Waals surface area (Å²) in [5.41, 5.74) is 0.458. The largest absolute Gasteiger partial charge is 0.481 e. The van der Waals surface area contributed by atoms with Gasteiger partial charge in [0, 0.05) is 11.5 Å². The van der Waals surface area contributed by atoms with E-state index in [-0.39, 0.29) is 17.7 Å². The lowest BCUT2D eigenvalue weighted by Gasteiger charge is -1.99. The Bertz CT molecular complexity index is 572. The smallest absolute Gasteiger partial charge is 0.312 e. The second-order valence-electron chi connectivity index (χ2n) is 3.23. The van der Waals surface area contributed by atoms with Crippen LogP contribution in [0.1, 0.15) is 5.56 Å². The number of non-ortho nitro benzene ring substituents is 1. The lowest BCUT2D eigenvalue weighted by Crippen LogP contribution is -2.00. The van der Waals surface area contributed by atoms with Crippen molar-refractivity contribution in [1.82, 2.24) is 0 Å². The maximum Gasteiger partial charge on any atom is 0.312 e. The third-order valence-corrected chi connectivity index (χ3v) is 2.22. The van der Waals surface area contributed by atoms with Crippen LogP contribution in [-0.2, 0) is 11.2 Å². The molecule has 0 fully saturated rings. The molecule has 0 amide bonds. The summed E-state index contributed by atoms with van der Waals surface area (Å²) in [4.78, 5) is 20.7. The summed E-state index contributed by atoms with van der Waals surface area (Å²) in [6.07, 6.45) is 1.12. The fourth-order valence-electron chi connectivity index (χ4n) is 1.57. The average molecular weight is 221 g/mol. The van der Waals surface area contributed by atoms with Gasteiger partial charge in [-0.05, 0) is 11.6 Å². The third-order valence-electron chi connectivity index (χ3n) is 2.22. The molecule has 0 spiro atoms.